The van der Waals surface area contributed by atoms with Gasteiger partial charge in [-0.25, -0.2) is 0 Å². The molecule has 1 fully saturated rings. The molecule has 1 rings (SSSR count). The van der Waals surface area contributed by atoms with Crippen LogP contribution in [0, 0.1) is 0 Å². The summed E-state index contributed by atoms with van der Waals surface area (Å²) in [6, 6.07) is 0. The maximum Gasteiger partial charge on any atom is 0.00168 e. The van der Waals surface area contributed by atoms with Crippen molar-refractivity contribution in [3.63, 3.8) is 0 Å². The van der Waals surface area contributed by atoms with Gasteiger partial charge in [0.1, 0.15) is 0 Å². The molecule has 0 atom stereocenters. The van der Waals surface area contributed by atoms with Gasteiger partial charge in [-0.1, -0.05) is 51.4 Å². The zero-order valence-corrected chi connectivity index (χ0v) is 8.99. The van der Waals surface area contributed by atoms with E-state index in [2.05, 4.69) is 12.6 Å². The average Bonchev–Trinajstić information content (AvgIpc) is 2.11. The van der Waals surface area contributed by atoms with Gasteiger partial charge in [0.05, 0.1) is 0 Å². The third-order valence-electron chi connectivity index (χ3n) is 2.82. The van der Waals surface area contributed by atoms with E-state index in [-0.39, 0.29) is 0 Å². The van der Waals surface area contributed by atoms with Crippen molar-refractivity contribution in [2.45, 2.75) is 69.5 Å². The van der Waals surface area contributed by atoms with E-state index >= 15 is 0 Å². The van der Waals surface area contributed by atoms with Crippen molar-refractivity contribution in [2.24, 2.45) is 0 Å². The summed E-state index contributed by atoms with van der Waals surface area (Å²) in [6.45, 7) is 0. The molecule has 72 valence electrons. The van der Waals surface area contributed by atoms with Crippen molar-refractivity contribution in [1.82, 2.24) is 0 Å². The van der Waals surface area contributed by atoms with Crippen LogP contribution in [0.15, 0.2) is 0 Å². The maximum atomic E-state index is 4.60. The van der Waals surface area contributed by atoms with Crippen LogP contribution in [0.2, 0.25) is 0 Å². The van der Waals surface area contributed by atoms with Crippen molar-refractivity contribution in [2.75, 3.05) is 0 Å². The molecule has 1 aliphatic carbocycles. The van der Waals surface area contributed by atoms with Crippen LogP contribution in [-0.2, 0) is 0 Å². The lowest BCUT2D eigenvalue weighted by Gasteiger charge is -2.08. The molecule has 0 bridgehead atoms. The predicted octanol–water partition coefficient (Wildman–Crippen LogP) is 4.20. The van der Waals surface area contributed by atoms with Gasteiger partial charge in [-0.3, -0.25) is 0 Å². The van der Waals surface area contributed by atoms with Crippen LogP contribution in [-0.4, -0.2) is 5.25 Å². The predicted molar refractivity (Wildman–Crippen MR) is 58.9 cm³/mol. The first-order valence-electron chi connectivity index (χ1n) is 5.57. The van der Waals surface area contributed by atoms with Crippen molar-refractivity contribution in [3.05, 3.63) is 0 Å². The highest BCUT2D eigenvalue weighted by Gasteiger charge is 2.04. The summed E-state index contributed by atoms with van der Waals surface area (Å²) < 4.78 is 0. The normalized spacial score (nSPS) is 24.8. The van der Waals surface area contributed by atoms with Gasteiger partial charge >= 0.3 is 0 Å². The summed E-state index contributed by atoms with van der Waals surface area (Å²) in [5.74, 6) is 0. The van der Waals surface area contributed by atoms with Gasteiger partial charge in [-0.15, -0.1) is 0 Å². The van der Waals surface area contributed by atoms with Gasteiger partial charge in [0.15, 0.2) is 0 Å². The third-order valence-corrected chi connectivity index (χ3v) is 3.34. The largest absolute Gasteiger partial charge is 0.176 e. The molecular formula is C11H22S. The number of thiol groups is 1. The first-order valence-corrected chi connectivity index (χ1v) is 6.09. The number of hydrogen-bond donors (Lipinski definition) is 1. The van der Waals surface area contributed by atoms with Crippen LogP contribution in [0.3, 0.4) is 0 Å². The van der Waals surface area contributed by atoms with Gasteiger partial charge in [0.25, 0.3) is 0 Å². The fraction of sp³-hybridized carbons (Fsp3) is 1.00. The Kier molecular flexibility index (Phi) is 5.93. The molecule has 0 amide bonds. The molecule has 0 radical (unpaired) electrons. The quantitative estimate of drug-likeness (QED) is 0.539. The first kappa shape index (κ1) is 10.4. The van der Waals surface area contributed by atoms with Gasteiger partial charge in [0.2, 0.25) is 0 Å². The second-order valence-corrected chi connectivity index (χ2v) is 4.79. The Morgan fingerprint density at radius 1 is 0.583 bits per heavy atom. The van der Waals surface area contributed by atoms with Crippen LogP contribution in [0.4, 0.5) is 0 Å². The fourth-order valence-corrected chi connectivity index (χ4v) is 2.33. The number of hydrogen-bond acceptors (Lipinski definition) is 1. The highest BCUT2D eigenvalue weighted by atomic mass is 32.1. The van der Waals surface area contributed by atoms with Crippen LogP contribution >= 0.6 is 12.6 Å². The lowest BCUT2D eigenvalue weighted by molar-refractivity contribution is 0.585. The van der Waals surface area contributed by atoms with Crippen LogP contribution in [0.5, 0.6) is 0 Å². The van der Waals surface area contributed by atoms with Crippen molar-refractivity contribution in [1.29, 1.82) is 0 Å². The van der Waals surface area contributed by atoms with E-state index in [1.165, 1.54) is 64.2 Å². The molecular weight excluding hydrogens is 164 g/mol. The van der Waals surface area contributed by atoms with Gasteiger partial charge in [-0.05, 0) is 12.8 Å². The minimum absolute atomic E-state index is 0.697. The minimum atomic E-state index is 0.697. The summed E-state index contributed by atoms with van der Waals surface area (Å²) in [7, 11) is 0. The van der Waals surface area contributed by atoms with Crippen molar-refractivity contribution >= 4 is 12.6 Å². The average molecular weight is 186 g/mol. The molecule has 0 aromatic carbocycles. The summed E-state index contributed by atoms with van der Waals surface area (Å²) >= 11 is 4.60. The monoisotopic (exact) mass is 186 g/mol. The number of rotatable bonds is 0. The summed E-state index contributed by atoms with van der Waals surface area (Å²) in [6.07, 6.45) is 14.3. The maximum absolute atomic E-state index is 4.60. The first-order chi connectivity index (χ1) is 5.89. The lowest BCUT2D eigenvalue weighted by atomic mass is 10.1. The molecule has 0 aliphatic heterocycles. The van der Waals surface area contributed by atoms with E-state index < -0.39 is 0 Å². The Bertz CT molecular complexity index is 89.2. The van der Waals surface area contributed by atoms with Crippen LogP contribution < -0.4 is 0 Å². The topological polar surface area (TPSA) is 0 Å². The molecule has 0 unspecified atom stereocenters. The Labute approximate surface area is 82.5 Å². The van der Waals surface area contributed by atoms with E-state index in [1.54, 1.807) is 0 Å². The lowest BCUT2D eigenvalue weighted by Crippen LogP contribution is -1.97. The SMILES string of the molecule is SC1CCCCCCCCCC1. The van der Waals surface area contributed by atoms with Crippen LogP contribution in [0.25, 0.3) is 0 Å². The van der Waals surface area contributed by atoms with Gasteiger partial charge < -0.3 is 0 Å². The van der Waals surface area contributed by atoms with Gasteiger partial charge in [-0.2, -0.15) is 12.6 Å². The molecule has 1 heteroatoms. The zero-order chi connectivity index (χ0) is 8.65. The van der Waals surface area contributed by atoms with E-state index in [4.69, 9.17) is 0 Å². The molecule has 1 saturated carbocycles. The van der Waals surface area contributed by atoms with E-state index in [0.29, 0.717) is 5.25 Å². The van der Waals surface area contributed by atoms with Crippen molar-refractivity contribution in [3.8, 4) is 0 Å². The molecule has 0 aromatic rings. The molecule has 0 spiro atoms. The summed E-state index contributed by atoms with van der Waals surface area (Å²) in [5.41, 5.74) is 0. The van der Waals surface area contributed by atoms with Crippen molar-refractivity contribution < 1.29 is 0 Å². The smallest absolute Gasteiger partial charge is 0.00168 e. The molecule has 0 aromatic heterocycles. The Morgan fingerprint density at radius 3 is 1.33 bits per heavy atom. The Morgan fingerprint density at radius 2 is 0.917 bits per heavy atom. The van der Waals surface area contributed by atoms with E-state index in [9.17, 15) is 0 Å². The summed E-state index contributed by atoms with van der Waals surface area (Å²) in [5, 5.41) is 0.697. The van der Waals surface area contributed by atoms with Gasteiger partial charge in [0, 0.05) is 5.25 Å². The molecule has 1 aliphatic rings. The standard InChI is InChI=1S/C11H22S/c12-11-9-7-5-3-1-2-4-6-8-10-11/h11-12H,1-10H2. The Balaban J connectivity index is 2.13. The minimum Gasteiger partial charge on any atom is -0.176 e. The molecule has 0 heterocycles. The Hall–Kier alpha value is 0.350. The molecule has 0 N–H and O–H groups in total. The third kappa shape index (κ3) is 5.08. The van der Waals surface area contributed by atoms with Crippen LogP contribution in [0.1, 0.15) is 64.2 Å². The summed E-state index contributed by atoms with van der Waals surface area (Å²) in [4.78, 5) is 0. The second kappa shape index (κ2) is 6.82. The second-order valence-electron chi connectivity index (χ2n) is 4.06. The highest BCUT2D eigenvalue weighted by molar-refractivity contribution is 7.80. The highest BCUT2D eigenvalue weighted by Crippen LogP contribution is 2.19. The van der Waals surface area contributed by atoms with E-state index in [0.717, 1.165) is 0 Å². The molecule has 0 nitrogen and oxygen atoms in total. The zero-order valence-electron chi connectivity index (χ0n) is 8.10. The molecule has 12 heavy (non-hydrogen) atoms. The van der Waals surface area contributed by atoms with E-state index in [1.807, 2.05) is 0 Å². The fourth-order valence-electron chi connectivity index (χ4n) is 1.96. The molecule has 0 saturated heterocycles.